The molecular weight excluding hydrogens is 134 g/mol. The van der Waals surface area contributed by atoms with Crippen molar-refractivity contribution in [1.82, 2.24) is 4.90 Å². The number of hydrogen-bond donors (Lipinski definition) is 0. The molecule has 11 heavy (non-hydrogen) atoms. The first-order chi connectivity index (χ1) is 4.83. The zero-order chi connectivity index (χ0) is 7.98. The number of hydrogen-bond acceptors (Lipinski definition) is 1. The van der Waals surface area contributed by atoms with Crippen LogP contribution in [0.5, 0.6) is 0 Å². The Labute approximate surface area is 72.8 Å². The van der Waals surface area contributed by atoms with Gasteiger partial charge in [0.1, 0.15) is 0 Å². The van der Waals surface area contributed by atoms with Crippen molar-refractivity contribution in [2.45, 2.75) is 41.0 Å². The molecular formula is C10H25N. The largest absolute Gasteiger partial charge is 0.306 e. The summed E-state index contributed by atoms with van der Waals surface area (Å²) < 4.78 is 0. The molecule has 0 aromatic carbocycles. The molecule has 0 amide bonds. The lowest BCUT2D eigenvalue weighted by molar-refractivity contribution is 0.392. The third-order valence-electron chi connectivity index (χ3n) is 2.07. The van der Waals surface area contributed by atoms with Crippen molar-refractivity contribution in [2.75, 3.05) is 20.1 Å². The maximum Gasteiger partial charge on any atom is 0.000698 e. The predicted octanol–water partition coefficient (Wildman–Crippen LogP) is 3.01. The van der Waals surface area contributed by atoms with E-state index in [-0.39, 0.29) is 7.43 Å². The minimum absolute atomic E-state index is 0. The molecule has 0 radical (unpaired) electrons. The fourth-order valence-electron chi connectivity index (χ4n) is 1.36. The molecule has 1 rings (SSSR count). The van der Waals surface area contributed by atoms with Gasteiger partial charge in [-0.1, -0.05) is 34.6 Å². The molecule has 1 heteroatoms. The highest BCUT2D eigenvalue weighted by atomic mass is 15.1. The van der Waals surface area contributed by atoms with Crippen molar-refractivity contribution in [3.8, 4) is 0 Å². The molecule has 70 valence electrons. The van der Waals surface area contributed by atoms with Crippen molar-refractivity contribution in [3.05, 3.63) is 0 Å². The van der Waals surface area contributed by atoms with Crippen LogP contribution >= 0.6 is 0 Å². The summed E-state index contributed by atoms with van der Waals surface area (Å²) in [4.78, 5) is 2.41. The van der Waals surface area contributed by atoms with Gasteiger partial charge in [0.2, 0.25) is 0 Å². The molecule has 1 heterocycles. The monoisotopic (exact) mass is 159 g/mol. The van der Waals surface area contributed by atoms with Crippen molar-refractivity contribution < 1.29 is 0 Å². The van der Waals surface area contributed by atoms with E-state index in [4.69, 9.17) is 0 Å². The summed E-state index contributed by atoms with van der Waals surface area (Å²) in [6, 6.07) is 0. The summed E-state index contributed by atoms with van der Waals surface area (Å²) in [5, 5.41) is 0. The zero-order valence-electron chi connectivity index (χ0n) is 7.85. The van der Waals surface area contributed by atoms with Crippen LogP contribution in [0.4, 0.5) is 0 Å². The Morgan fingerprint density at radius 3 is 2.09 bits per heavy atom. The lowest BCUT2D eigenvalue weighted by atomic mass is 10.1. The van der Waals surface area contributed by atoms with Crippen molar-refractivity contribution >= 4 is 0 Å². The van der Waals surface area contributed by atoms with Crippen LogP contribution in [0, 0.1) is 5.92 Å². The molecule has 1 unspecified atom stereocenters. The van der Waals surface area contributed by atoms with E-state index in [9.17, 15) is 0 Å². The van der Waals surface area contributed by atoms with Crippen LogP contribution in [0.15, 0.2) is 0 Å². The van der Waals surface area contributed by atoms with Gasteiger partial charge in [0.15, 0.2) is 0 Å². The van der Waals surface area contributed by atoms with Crippen molar-refractivity contribution in [2.24, 2.45) is 5.92 Å². The van der Waals surface area contributed by atoms with Crippen LogP contribution in [0.2, 0.25) is 0 Å². The summed E-state index contributed by atoms with van der Waals surface area (Å²) in [5.74, 6) is 1.000. The molecule has 1 nitrogen and oxygen atoms in total. The smallest absolute Gasteiger partial charge is 0.000698 e. The lowest BCUT2D eigenvalue weighted by Crippen LogP contribution is -2.13. The van der Waals surface area contributed by atoms with Crippen LogP contribution in [0.25, 0.3) is 0 Å². The molecule has 0 aromatic rings. The van der Waals surface area contributed by atoms with E-state index in [0.29, 0.717) is 0 Å². The molecule has 1 fully saturated rings. The maximum atomic E-state index is 2.41. The molecule has 1 aliphatic heterocycles. The molecule has 0 saturated carbocycles. The Hall–Kier alpha value is -0.0400. The van der Waals surface area contributed by atoms with Crippen molar-refractivity contribution in [3.63, 3.8) is 0 Å². The fourth-order valence-corrected chi connectivity index (χ4v) is 1.36. The minimum Gasteiger partial charge on any atom is -0.306 e. The SMILES string of the molecule is C.CC.CCC1CCN(C)C1. The van der Waals surface area contributed by atoms with E-state index in [1.165, 1.54) is 25.9 Å². The molecule has 0 aromatic heterocycles. The second-order valence-corrected chi connectivity index (χ2v) is 2.83. The highest BCUT2D eigenvalue weighted by molar-refractivity contribution is 4.70. The Kier molecular flexibility index (Phi) is 9.92. The highest BCUT2D eigenvalue weighted by Crippen LogP contribution is 2.16. The summed E-state index contributed by atoms with van der Waals surface area (Å²) >= 11 is 0. The quantitative estimate of drug-likeness (QED) is 0.568. The van der Waals surface area contributed by atoms with Gasteiger partial charge in [0.25, 0.3) is 0 Å². The summed E-state index contributed by atoms with van der Waals surface area (Å²) in [5.41, 5.74) is 0. The fraction of sp³-hybridized carbons (Fsp3) is 1.00. The Balaban J connectivity index is 0. The summed E-state index contributed by atoms with van der Waals surface area (Å²) in [7, 11) is 2.20. The second kappa shape index (κ2) is 8.06. The second-order valence-electron chi connectivity index (χ2n) is 2.83. The van der Waals surface area contributed by atoms with Crippen LogP contribution in [-0.2, 0) is 0 Å². The van der Waals surface area contributed by atoms with Crippen LogP contribution in [0.3, 0.4) is 0 Å². The van der Waals surface area contributed by atoms with Gasteiger partial charge < -0.3 is 4.90 Å². The van der Waals surface area contributed by atoms with Gasteiger partial charge in [-0.2, -0.15) is 0 Å². The first kappa shape index (κ1) is 13.5. The van der Waals surface area contributed by atoms with Crippen molar-refractivity contribution in [1.29, 1.82) is 0 Å². The maximum absolute atomic E-state index is 2.41. The first-order valence-electron chi connectivity index (χ1n) is 4.51. The molecule has 1 saturated heterocycles. The van der Waals surface area contributed by atoms with Crippen LogP contribution in [0.1, 0.15) is 41.0 Å². The zero-order valence-corrected chi connectivity index (χ0v) is 7.85. The first-order valence-corrected chi connectivity index (χ1v) is 4.51. The lowest BCUT2D eigenvalue weighted by Gasteiger charge is -2.05. The van der Waals surface area contributed by atoms with Gasteiger partial charge in [-0.15, -0.1) is 0 Å². The number of likely N-dealkylation sites (tertiary alicyclic amines) is 1. The van der Waals surface area contributed by atoms with Gasteiger partial charge in [0.05, 0.1) is 0 Å². The molecule has 1 aliphatic rings. The topological polar surface area (TPSA) is 3.24 Å². The van der Waals surface area contributed by atoms with E-state index in [2.05, 4.69) is 18.9 Å². The van der Waals surface area contributed by atoms with E-state index >= 15 is 0 Å². The third-order valence-corrected chi connectivity index (χ3v) is 2.07. The molecule has 0 bridgehead atoms. The normalized spacial score (nSPS) is 23.5. The highest BCUT2D eigenvalue weighted by Gasteiger charge is 2.16. The van der Waals surface area contributed by atoms with Gasteiger partial charge in [-0.05, 0) is 25.9 Å². The number of rotatable bonds is 1. The molecule has 0 N–H and O–H groups in total. The van der Waals surface area contributed by atoms with E-state index in [1.54, 1.807) is 0 Å². The minimum atomic E-state index is 0. The van der Waals surface area contributed by atoms with Gasteiger partial charge in [-0.25, -0.2) is 0 Å². The average molecular weight is 159 g/mol. The number of nitrogens with zero attached hydrogens (tertiary/aromatic N) is 1. The molecule has 0 spiro atoms. The standard InChI is InChI=1S/C7H15N.C2H6.CH4/c1-3-7-4-5-8(2)6-7;1-2;/h7H,3-6H2,1-2H3;1-2H3;1H4. The Morgan fingerprint density at radius 1 is 1.36 bits per heavy atom. The molecule has 1 atom stereocenters. The van der Waals surface area contributed by atoms with Gasteiger partial charge >= 0.3 is 0 Å². The van der Waals surface area contributed by atoms with E-state index < -0.39 is 0 Å². The Morgan fingerprint density at radius 2 is 1.91 bits per heavy atom. The summed E-state index contributed by atoms with van der Waals surface area (Å²) in [6.45, 7) is 8.93. The van der Waals surface area contributed by atoms with E-state index in [1.807, 2.05) is 13.8 Å². The van der Waals surface area contributed by atoms with Gasteiger partial charge in [-0.3, -0.25) is 0 Å². The summed E-state index contributed by atoms with van der Waals surface area (Å²) in [6.07, 6.45) is 2.79. The third kappa shape index (κ3) is 5.25. The Bertz CT molecular complexity index is 71.3. The average Bonchev–Trinajstić information content (AvgIpc) is 2.40. The van der Waals surface area contributed by atoms with Crippen LogP contribution < -0.4 is 0 Å². The van der Waals surface area contributed by atoms with Crippen LogP contribution in [-0.4, -0.2) is 25.0 Å². The predicted molar refractivity (Wildman–Crippen MR) is 54.0 cm³/mol. The molecule has 0 aliphatic carbocycles. The van der Waals surface area contributed by atoms with E-state index in [0.717, 1.165) is 5.92 Å². The van der Waals surface area contributed by atoms with Gasteiger partial charge in [0, 0.05) is 6.54 Å².